The molecule has 26 heavy (non-hydrogen) atoms. The Balaban J connectivity index is 1.94. The third-order valence-corrected chi connectivity index (χ3v) is 4.18. The van der Waals surface area contributed by atoms with Gasteiger partial charge in [0.05, 0.1) is 19.8 Å². The summed E-state index contributed by atoms with van der Waals surface area (Å²) >= 11 is 0. The molecular weight excluding hydrogens is 340 g/mol. The van der Waals surface area contributed by atoms with Gasteiger partial charge in [-0.15, -0.1) is 0 Å². The van der Waals surface area contributed by atoms with Crippen molar-refractivity contribution >= 4 is 17.9 Å². The van der Waals surface area contributed by atoms with E-state index in [1.165, 1.54) is 39.3 Å². The van der Waals surface area contributed by atoms with E-state index in [0.29, 0.717) is 5.56 Å². The SMILES string of the molecule is COC(=O)c1ccc(O[C@@H](C)C(=O)NC(=O)NC2CCCC2)c(OC)c1. The monoisotopic (exact) mass is 364 g/mol. The fraction of sp³-hybridized carbons (Fsp3) is 0.500. The van der Waals surface area contributed by atoms with Gasteiger partial charge in [-0.3, -0.25) is 10.1 Å². The lowest BCUT2D eigenvalue weighted by Gasteiger charge is -2.18. The van der Waals surface area contributed by atoms with Crippen LogP contribution in [0, 0.1) is 0 Å². The van der Waals surface area contributed by atoms with Crippen molar-refractivity contribution in [2.75, 3.05) is 14.2 Å². The van der Waals surface area contributed by atoms with E-state index >= 15 is 0 Å². The number of imide groups is 1. The number of amides is 3. The Hall–Kier alpha value is -2.77. The minimum atomic E-state index is -0.929. The van der Waals surface area contributed by atoms with E-state index in [0.717, 1.165) is 25.7 Å². The first kappa shape index (κ1) is 19.6. The number of benzene rings is 1. The zero-order chi connectivity index (χ0) is 19.1. The van der Waals surface area contributed by atoms with E-state index < -0.39 is 24.0 Å². The molecule has 0 radical (unpaired) electrons. The van der Waals surface area contributed by atoms with Crippen LogP contribution in [0.25, 0.3) is 0 Å². The van der Waals surface area contributed by atoms with Crippen LogP contribution in [-0.4, -0.2) is 44.3 Å². The van der Waals surface area contributed by atoms with Gasteiger partial charge >= 0.3 is 12.0 Å². The maximum Gasteiger partial charge on any atom is 0.337 e. The number of carbonyl (C=O) groups excluding carboxylic acids is 3. The summed E-state index contributed by atoms with van der Waals surface area (Å²) in [5.74, 6) is -0.522. The molecule has 0 aromatic heterocycles. The summed E-state index contributed by atoms with van der Waals surface area (Å²) < 4.78 is 15.4. The molecule has 0 bridgehead atoms. The minimum absolute atomic E-state index is 0.116. The molecule has 1 aromatic carbocycles. The van der Waals surface area contributed by atoms with Crippen LogP contribution in [0.5, 0.6) is 11.5 Å². The van der Waals surface area contributed by atoms with Gasteiger partial charge < -0.3 is 19.5 Å². The average Bonchev–Trinajstić information content (AvgIpc) is 3.13. The zero-order valence-corrected chi connectivity index (χ0v) is 15.2. The van der Waals surface area contributed by atoms with Gasteiger partial charge in [0.1, 0.15) is 0 Å². The summed E-state index contributed by atoms with van der Waals surface area (Å²) in [5, 5.41) is 5.05. The largest absolute Gasteiger partial charge is 0.493 e. The van der Waals surface area contributed by atoms with Crippen LogP contribution in [0.3, 0.4) is 0 Å². The molecule has 0 spiro atoms. The molecule has 0 saturated heterocycles. The van der Waals surface area contributed by atoms with Crippen LogP contribution in [0.15, 0.2) is 18.2 Å². The number of hydrogen-bond acceptors (Lipinski definition) is 6. The maximum absolute atomic E-state index is 12.1. The molecule has 1 atom stereocenters. The van der Waals surface area contributed by atoms with Crippen molar-refractivity contribution in [3.05, 3.63) is 23.8 Å². The number of esters is 1. The number of urea groups is 1. The molecule has 2 rings (SSSR count). The van der Waals surface area contributed by atoms with Gasteiger partial charge in [0.25, 0.3) is 5.91 Å². The zero-order valence-electron chi connectivity index (χ0n) is 15.2. The van der Waals surface area contributed by atoms with Gasteiger partial charge in [-0.05, 0) is 38.0 Å². The first-order valence-electron chi connectivity index (χ1n) is 8.49. The van der Waals surface area contributed by atoms with Crippen LogP contribution in [0.2, 0.25) is 0 Å². The van der Waals surface area contributed by atoms with Crippen molar-refractivity contribution in [1.29, 1.82) is 0 Å². The number of rotatable bonds is 6. The van der Waals surface area contributed by atoms with Crippen molar-refractivity contribution in [3.8, 4) is 11.5 Å². The highest BCUT2D eigenvalue weighted by molar-refractivity contribution is 5.96. The summed E-state index contributed by atoms with van der Waals surface area (Å²) in [6.07, 6.45) is 3.09. The van der Waals surface area contributed by atoms with E-state index in [1.807, 2.05) is 0 Å². The summed E-state index contributed by atoms with van der Waals surface area (Å²) in [4.78, 5) is 35.6. The van der Waals surface area contributed by atoms with Gasteiger partial charge in [-0.2, -0.15) is 0 Å². The Morgan fingerprint density at radius 1 is 1.12 bits per heavy atom. The van der Waals surface area contributed by atoms with E-state index in [2.05, 4.69) is 15.4 Å². The van der Waals surface area contributed by atoms with Crippen molar-refractivity contribution < 1.29 is 28.6 Å². The van der Waals surface area contributed by atoms with Crippen molar-refractivity contribution in [3.63, 3.8) is 0 Å². The van der Waals surface area contributed by atoms with Gasteiger partial charge in [-0.25, -0.2) is 9.59 Å². The molecule has 0 heterocycles. The van der Waals surface area contributed by atoms with Gasteiger partial charge in [-0.1, -0.05) is 12.8 Å². The molecule has 1 aliphatic rings. The third kappa shape index (κ3) is 5.11. The Kier molecular flexibility index (Phi) is 6.82. The molecule has 1 fully saturated rings. The van der Waals surface area contributed by atoms with Crippen molar-refractivity contribution in [2.45, 2.75) is 44.8 Å². The second kappa shape index (κ2) is 9.07. The van der Waals surface area contributed by atoms with Crippen LogP contribution in [0.1, 0.15) is 43.0 Å². The van der Waals surface area contributed by atoms with Crippen LogP contribution >= 0.6 is 0 Å². The molecule has 0 aliphatic heterocycles. The number of nitrogens with one attached hydrogen (secondary N) is 2. The second-order valence-electron chi connectivity index (χ2n) is 6.06. The molecule has 3 amide bonds. The van der Waals surface area contributed by atoms with E-state index in [4.69, 9.17) is 9.47 Å². The Bertz CT molecular complexity index is 670. The highest BCUT2D eigenvalue weighted by atomic mass is 16.5. The summed E-state index contributed by atoms with van der Waals surface area (Å²) in [6.45, 7) is 1.52. The summed E-state index contributed by atoms with van der Waals surface area (Å²) in [7, 11) is 2.70. The standard InChI is InChI=1S/C18H24N2O6/c1-11(16(21)20-18(23)19-13-6-4-5-7-13)26-14-9-8-12(17(22)25-3)10-15(14)24-2/h8-11,13H,4-7H2,1-3H3,(H2,19,20,21,23)/t11-/m0/s1. The first-order valence-corrected chi connectivity index (χ1v) is 8.49. The molecule has 1 aliphatic carbocycles. The lowest BCUT2D eigenvalue weighted by Crippen LogP contribution is -2.47. The lowest BCUT2D eigenvalue weighted by atomic mass is 10.2. The topological polar surface area (TPSA) is 103 Å². The molecule has 1 saturated carbocycles. The molecule has 8 nitrogen and oxygen atoms in total. The Morgan fingerprint density at radius 3 is 2.42 bits per heavy atom. The molecule has 142 valence electrons. The maximum atomic E-state index is 12.1. The lowest BCUT2D eigenvalue weighted by molar-refractivity contribution is -0.126. The Labute approximate surface area is 152 Å². The number of carbonyl (C=O) groups is 3. The summed E-state index contributed by atoms with van der Waals surface area (Å²) in [6, 6.07) is 4.06. The predicted molar refractivity (Wildman–Crippen MR) is 93.4 cm³/mol. The third-order valence-electron chi connectivity index (χ3n) is 4.18. The van der Waals surface area contributed by atoms with E-state index in [-0.39, 0.29) is 17.5 Å². The molecule has 0 unspecified atom stereocenters. The normalized spacial score (nSPS) is 15.0. The van der Waals surface area contributed by atoms with Crippen molar-refractivity contribution in [1.82, 2.24) is 10.6 Å². The molecular formula is C18H24N2O6. The first-order chi connectivity index (χ1) is 12.4. The van der Waals surface area contributed by atoms with Crippen LogP contribution in [0.4, 0.5) is 4.79 Å². The smallest absolute Gasteiger partial charge is 0.337 e. The second-order valence-corrected chi connectivity index (χ2v) is 6.06. The number of ether oxygens (including phenoxy) is 3. The highest BCUT2D eigenvalue weighted by Crippen LogP contribution is 2.29. The van der Waals surface area contributed by atoms with E-state index in [9.17, 15) is 14.4 Å². The summed E-state index contributed by atoms with van der Waals surface area (Å²) in [5.41, 5.74) is 0.296. The molecule has 1 aromatic rings. The highest BCUT2D eigenvalue weighted by Gasteiger charge is 2.22. The predicted octanol–water partition coefficient (Wildman–Crippen LogP) is 2.02. The van der Waals surface area contributed by atoms with Gasteiger partial charge in [0.15, 0.2) is 17.6 Å². The fourth-order valence-corrected chi connectivity index (χ4v) is 2.76. The Morgan fingerprint density at radius 2 is 1.81 bits per heavy atom. The quantitative estimate of drug-likeness (QED) is 0.749. The van der Waals surface area contributed by atoms with Crippen LogP contribution in [-0.2, 0) is 9.53 Å². The molecule has 8 heteroatoms. The average molecular weight is 364 g/mol. The van der Waals surface area contributed by atoms with Gasteiger partial charge in [0, 0.05) is 6.04 Å². The van der Waals surface area contributed by atoms with Gasteiger partial charge in [0.2, 0.25) is 0 Å². The van der Waals surface area contributed by atoms with Crippen molar-refractivity contribution in [2.24, 2.45) is 0 Å². The minimum Gasteiger partial charge on any atom is -0.493 e. The number of methoxy groups -OCH3 is 2. The van der Waals surface area contributed by atoms with E-state index in [1.54, 1.807) is 0 Å². The fourth-order valence-electron chi connectivity index (χ4n) is 2.76. The number of hydrogen-bond donors (Lipinski definition) is 2. The van der Waals surface area contributed by atoms with Crippen LogP contribution < -0.4 is 20.1 Å². The molecule has 2 N–H and O–H groups in total.